The van der Waals surface area contributed by atoms with Crippen molar-refractivity contribution < 1.29 is 9.59 Å². The average molecular weight is 423 g/mol. The van der Waals surface area contributed by atoms with Gasteiger partial charge in [0, 0.05) is 30.7 Å². The van der Waals surface area contributed by atoms with E-state index in [0.717, 1.165) is 56.7 Å². The first-order chi connectivity index (χ1) is 12.6. The molecule has 142 valence electrons. The molecule has 3 rings (SSSR count). The zero-order chi connectivity index (χ0) is 18.5. The van der Waals surface area contributed by atoms with Gasteiger partial charge in [0.05, 0.1) is 18.2 Å². The van der Waals surface area contributed by atoms with E-state index in [1.807, 2.05) is 12.1 Å². The molecule has 0 radical (unpaired) electrons. The van der Waals surface area contributed by atoms with Crippen LogP contribution in [0.5, 0.6) is 0 Å². The summed E-state index contributed by atoms with van der Waals surface area (Å²) in [4.78, 5) is 31.1. The molecular weight excluding hydrogens is 396 g/mol. The fourth-order valence-corrected chi connectivity index (χ4v) is 3.83. The summed E-state index contributed by atoms with van der Waals surface area (Å²) in [7, 11) is 0. The Morgan fingerprint density at radius 1 is 1.08 bits per heavy atom. The molecule has 0 aromatic heterocycles. The Morgan fingerprint density at radius 2 is 1.73 bits per heavy atom. The topological polar surface area (TPSA) is 55.9 Å². The van der Waals surface area contributed by atoms with Crippen molar-refractivity contribution in [3.8, 4) is 0 Å². The lowest BCUT2D eigenvalue weighted by Gasteiger charge is -2.34. The summed E-state index contributed by atoms with van der Waals surface area (Å²) in [6.07, 6.45) is 1.23. The van der Waals surface area contributed by atoms with Gasteiger partial charge in [0.15, 0.2) is 0 Å². The van der Waals surface area contributed by atoms with Gasteiger partial charge >= 0.3 is 0 Å². The molecule has 0 spiro atoms. The van der Waals surface area contributed by atoms with Gasteiger partial charge in [-0.05, 0) is 50.3 Å². The largest absolute Gasteiger partial charge is 0.305 e. The second-order valence-corrected chi connectivity index (χ2v) is 7.80. The molecule has 1 aromatic rings. The molecule has 7 heteroatoms. The van der Waals surface area contributed by atoms with Crippen LogP contribution in [-0.4, -0.2) is 73.5 Å². The van der Waals surface area contributed by atoms with E-state index in [-0.39, 0.29) is 18.2 Å². The lowest BCUT2D eigenvalue weighted by molar-refractivity contribution is -0.121. The zero-order valence-electron chi connectivity index (χ0n) is 15.3. The van der Waals surface area contributed by atoms with Crippen molar-refractivity contribution in [1.82, 2.24) is 15.1 Å². The van der Waals surface area contributed by atoms with Crippen LogP contribution in [0.2, 0.25) is 0 Å². The number of benzene rings is 1. The monoisotopic (exact) mass is 422 g/mol. The van der Waals surface area contributed by atoms with Crippen LogP contribution in [0.4, 0.5) is 5.69 Å². The number of nitrogens with zero attached hydrogens (tertiary/aromatic N) is 3. The van der Waals surface area contributed by atoms with Crippen molar-refractivity contribution in [2.75, 3.05) is 50.7 Å². The predicted octanol–water partition coefficient (Wildman–Crippen LogP) is 1.70. The first-order valence-corrected chi connectivity index (χ1v) is 10.2. The van der Waals surface area contributed by atoms with Crippen LogP contribution >= 0.6 is 15.9 Å². The summed E-state index contributed by atoms with van der Waals surface area (Å²) in [5, 5.41) is 3.27. The number of rotatable bonds is 7. The normalized spacial score (nSPS) is 22.4. The van der Waals surface area contributed by atoms with Crippen molar-refractivity contribution in [2.24, 2.45) is 0 Å². The molecule has 6 nitrogen and oxygen atoms in total. The molecule has 2 aliphatic rings. The van der Waals surface area contributed by atoms with Crippen LogP contribution in [0.25, 0.3) is 0 Å². The van der Waals surface area contributed by atoms with Crippen molar-refractivity contribution in [3.63, 3.8) is 0 Å². The van der Waals surface area contributed by atoms with Gasteiger partial charge in [0.2, 0.25) is 5.91 Å². The molecule has 26 heavy (non-hydrogen) atoms. The molecule has 0 aliphatic carbocycles. The number of likely N-dealkylation sites (N-methyl/N-ethyl adjacent to an activating group) is 1. The van der Waals surface area contributed by atoms with Crippen molar-refractivity contribution in [2.45, 2.75) is 25.8 Å². The molecule has 1 aromatic carbocycles. The summed E-state index contributed by atoms with van der Waals surface area (Å²) in [5.74, 6) is -0.278. The van der Waals surface area contributed by atoms with Crippen molar-refractivity contribution >= 4 is 33.4 Å². The molecule has 2 amide bonds. The van der Waals surface area contributed by atoms with E-state index in [9.17, 15) is 9.59 Å². The van der Waals surface area contributed by atoms with Gasteiger partial charge in [-0.1, -0.05) is 22.9 Å². The Balaban J connectivity index is 1.42. The minimum atomic E-state index is -0.400. The van der Waals surface area contributed by atoms with E-state index >= 15 is 0 Å². The highest BCUT2D eigenvalue weighted by Gasteiger charge is 2.39. The summed E-state index contributed by atoms with van der Waals surface area (Å²) in [6.45, 7) is 9.64. The Kier molecular flexibility index (Phi) is 6.80. The molecule has 2 fully saturated rings. The maximum Gasteiger partial charge on any atom is 0.251 e. The van der Waals surface area contributed by atoms with Crippen molar-refractivity contribution in [3.05, 3.63) is 28.7 Å². The molecule has 0 unspecified atom stereocenters. The van der Waals surface area contributed by atoms with Gasteiger partial charge in [0.25, 0.3) is 5.91 Å². The van der Waals surface area contributed by atoms with Crippen LogP contribution in [0.1, 0.15) is 19.8 Å². The van der Waals surface area contributed by atoms with Crippen molar-refractivity contribution in [1.29, 1.82) is 0 Å². The zero-order valence-corrected chi connectivity index (χ0v) is 16.9. The van der Waals surface area contributed by atoms with E-state index in [4.69, 9.17) is 0 Å². The second kappa shape index (κ2) is 9.08. The Hall–Kier alpha value is -1.28. The third kappa shape index (κ3) is 4.71. The molecule has 2 heterocycles. The number of carbonyl (C=O) groups is 2. The Bertz CT molecular complexity index is 629. The quantitative estimate of drug-likeness (QED) is 0.535. The van der Waals surface area contributed by atoms with Gasteiger partial charge in [-0.15, -0.1) is 0 Å². The molecule has 2 saturated heterocycles. The molecular formula is C19H27BrN4O2. The third-order valence-corrected chi connectivity index (χ3v) is 5.71. The van der Waals surface area contributed by atoms with E-state index in [2.05, 4.69) is 38.0 Å². The van der Waals surface area contributed by atoms with Gasteiger partial charge in [-0.3, -0.25) is 9.59 Å². The number of hydrogen-bond donors (Lipinski definition) is 1. The predicted molar refractivity (Wildman–Crippen MR) is 106 cm³/mol. The van der Waals surface area contributed by atoms with Crippen LogP contribution in [-0.2, 0) is 9.59 Å². The van der Waals surface area contributed by atoms with E-state index in [1.165, 1.54) is 4.90 Å². The SMILES string of the molecule is CCN1CCN(CCCN[C@H]2CC(=O)N(c3ccc(Br)cc3)C2=O)CC1. The van der Waals surface area contributed by atoms with Gasteiger partial charge in [-0.2, -0.15) is 0 Å². The summed E-state index contributed by atoms with van der Waals surface area (Å²) < 4.78 is 0.926. The van der Waals surface area contributed by atoms with Crippen LogP contribution in [0.15, 0.2) is 28.7 Å². The fraction of sp³-hybridized carbons (Fsp3) is 0.579. The van der Waals surface area contributed by atoms with Gasteiger partial charge in [-0.25, -0.2) is 4.90 Å². The van der Waals surface area contributed by atoms with Crippen LogP contribution < -0.4 is 10.2 Å². The first-order valence-electron chi connectivity index (χ1n) is 9.39. The number of nitrogens with one attached hydrogen (secondary N) is 1. The van der Waals surface area contributed by atoms with E-state index < -0.39 is 6.04 Å². The summed E-state index contributed by atoms with van der Waals surface area (Å²) in [5.41, 5.74) is 0.640. The molecule has 0 saturated carbocycles. The molecule has 1 N–H and O–H groups in total. The average Bonchev–Trinajstić information content (AvgIpc) is 2.94. The Labute approximate surface area is 163 Å². The standard InChI is InChI=1S/C19H27BrN4O2/c1-2-22-10-12-23(13-11-22)9-3-8-21-17-14-18(25)24(19(17)26)16-6-4-15(20)5-7-16/h4-7,17,21H,2-3,8-14H2,1H3/t17-/m0/s1. The van der Waals surface area contributed by atoms with Gasteiger partial charge in [0.1, 0.15) is 0 Å². The number of carbonyl (C=O) groups excluding carboxylic acids is 2. The van der Waals surface area contributed by atoms with Crippen LogP contribution in [0.3, 0.4) is 0 Å². The third-order valence-electron chi connectivity index (χ3n) is 5.19. The number of amides is 2. The molecule has 1 atom stereocenters. The first kappa shape index (κ1) is 19.5. The number of piperazine rings is 1. The minimum Gasteiger partial charge on any atom is -0.305 e. The number of hydrogen-bond acceptors (Lipinski definition) is 5. The maximum absolute atomic E-state index is 12.6. The lowest BCUT2D eigenvalue weighted by Crippen LogP contribution is -2.47. The number of anilines is 1. The maximum atomic E-state index is 12.6. The summed E-state index contributed by atoms with van der Waals surface area (Å²) in [6, 6.07) is 6.86. The number of imide groups is 1. The molecule has 0 bridgehead atoms. The highest BCUT2D eigenvalue weighted by atomic mass is 79.9. The highest BCUT2D eigenvalue weighted by Crippen LogP contribution is 2.24. The summed E-state index contributed by atoms with van der Waals surface area (Å²) >= 11 is 3.37. The Morgan fingerprint density at radius 3 is 2.38 bits per heavy atom. The van der Waals surface area contributed by atoms with Crippen LogP contribution in [0, 0.1) is 0 Å². The molecule has 2 aliphatic heterocycles. The van der Waals surface area contributed by atoms with E-state index in [1.54, 1.807) is 12.1 Å². The van der Waals surface area contributed by atoms with Gasteiger partial charge < -0.3 is 15.1 Å². The number of halogens is 1. The fourth-order valence-electron chi connectivity index (χ4n) is 3.56. The smallest absolute Gasteiger partial charge is 0.251 e. The minimum absolute atomic E-state index is 0.134. The lowest BCUT2D eigenvalue weighted by atomic mass is 10.2. The highest BCUT2D eigenvalue weighted by molar-refractivity contribution is 9.10. The van der Waals surface area contributed by atoms with E-state index in [0.29, 0.717) is 5.69 Å². The second-order valence-electron chi connectivity index (χ2n) is 6.88.